The third kappa shape index (κ3) is 4.06. The maximum Gasteiger partial charge on any atom is 0.130 e. The monoisotopic (exact) mass is 243 g/mol. The predicted octanol–water partition coefficient (Wildman–Crippen LogP) is 3.04. The van der Waals surface area contributed by atoms with E-state index in [4.69, 9.17) is 4.74 Å². The van der Waals surface area contributed by atoms with Crippen molar-refractivity contribution < 1.29 is 13.5 Å². The van der Waals surface area contributed by atoms with Crippen molar-refractivity contribution in [2.24, 2.45) is 0 Å². The molecule has 96 valence electrons. The molecule has 17 heavy (non-hydrogen) atoms. The Morgan fingerprint density at radius 2 is 2.06 bits per heavy atom. The molecule has 1 aromatic rings. The molecular formula is C13H19F2NO. The highest BCUT2D eigenvalue weighted by molar-refractivity contribution is 5.21. The molecule has 4 heteroatoms. The van der Waals surface area contributed by atoms with Crippen molar-refractivity contribution in [2.45, 2.75) is 32.4 Å². The molecule has 2 unspecified atom stereocenters. The number of hydrogen-bond donors (Lipinski definition) is 1. The molecule has 0 aliphatic carbocycles. The van der Waals surface area contributed by atoms with Gasteiger partial charge in [0.2, 0.25) is 0 Å². The van der Waals surface area contributed by atoms with Crippen LogP contribution in [0.5, 0.6) is 0 Å². The summed E-state index contributed by atoms with van der Waals surface area (Å²) in [7, 11) is 1.63. The lowest BCUT2D eigenvalue weighted by Crippen LogP contribution is -2.34. The van der Waals surface area contributed by atoms with Crippen LogP contribution in [0.4, 0.5) is 8.78 Å². The van der Waals surface area contributed by atoms with Gasteiger partial charge in [0.05, 0.1) is 6.61 Å². The topological polar surface area (TPSA) is 21.3 Å². The highest BCUT2D eigenvalue weighted by atomic mass is 19.1. The molecule has 0 bridgehead atoms. The van der Waals surface area contributed by atoms with Crippen LogP contribution in [0.1, 0.15) is 31.9 Å². The normalized spacial score (nSPS) is 14.6. The molecule has 1 aromatic carbocycles. The van der Waals surface area contributed by atoms with E-state index in [9.17, 15) is 8.78 Å². The summed E-state index contributed by atoms with van der Waals surface area (Å²) in [5.41, 5.74) is 0.473. The van der Waals surface area contributed by atoms with E-state index in [0.717, 1.165) is 12.5 Å². The van der Waals surface area contributed by atoms with Gasteiger partial charge in [-0.25, -0.2) is 8.78 Å². The maximum atomic E-state index is 13.5. The third-order valence-corrected chi connectivity index (χ3v) is 2.78. The minimum absolute atomic E-state index is 0.166. The number of halogens is 2. The molecule has 0 saturated heterocycles. The fraction of sp³-hybridized carbons (Fsp3) is 0.538. The van der Waals surface area contributed by atoms with Crippen LogP contribution >= 0.6 is 0 Å². The fourth-order valence-corrected chi connectivity index (χ4v) is 1.78. The van der Waals surface area contributed by atoms with Crippen molar-refractivity contribution in [1.29, 1.82) is 0 Å². The van der Waals surface area contributed by atoms with Gasteiger partial charge in [0.15, 0.2) is 0 Å². The zero-order valence-corrected chi connectivity index (χ0v) is 10.5. The second kappa shape index (κ2) is 6.67. The molecule has 0 radical (unpaired) electrons. The van der Waals surface area contributed by atoms with Crippen LogP contribution in [-0.2, 0) is 4.74 Å². The van der Waals surface area contributed by atoms with E-state index >= 15 is 0 Å². The Morgan fingerprint density at radius 1 is 1.35 bits per heavy atom. The molecule has 0 heterocycles. The van der Waals surface area contributed by atoms with Crippen LogP contribution in [0, 0.1) is 11.6 Å². The van der Waals surface area contributed by atoms with Crippen molar-refractivity contribution in [1.82, 2.24) is 5.32 Å². The van der Waals surface area contributed by atoms with Gasteiger partial charge in [0.25, 0.3) is 0 Å². The summed E-state index contributed by atoms with van der Waals surface area (Å²) in [6.07, 6.45) is 0.890. The standard InChI is InChI=1S/C13H19F2NO/c1-4-11(8-17-3)16-9(2)12-6-5-10(14)7-13(12)15/h5-7,9,11,16H,4,8H2,1-3H3. The first-order valence-corrected chi connectivity index (χ1v) is 5.78. The van der Waals surface area contributed by atoms with E-state index in [1.54, 1.807) is 7.11 Å². The summed E-state index contributed by atoms with van der Waals surface area (Å²) in [6, 6.07) is 3.65. The van der Waals surface area contributed by atoms with Crippen LogP contribution in [0.3, 0.4) is 0 Å². The molecule has 0 aliphatic rings. The molecule has 1 N–H and O–H groups in total. The first-order valence-electron chi connectivity index (χ1n) is 5.78. The second-order valence-electron chi connectivity index (χ2n) is 4.11. The lowest BCUT2D eigenvalue weighted by atomic mass is 10.1. The summed E-state index contributed by atoms with van der Waals surface area (Å²) in [5.74, 6) is -1.07. The number of rotatable bonds is 6. The molecule has 0 fully saturated rings. The van der Waals surface area contributed by atoms with Gasteiger partial charge < -0.3 is 10.1 Å². The Labute approximate surface area is 101 Å². The molecule has 2 nitrogen and oxygen atoms in total. The first kappa shape index (κ1) is 14.1. The number of benzene rings is 1. The highest BCUT2D eigenvalue weighted by Crippen LogP contribution is 2.18. The van der Waals surface area contributed by atoms with E-state index < -0.39 is 11.6 Å². The second-order valence-corrected chi connectivity index (χ2v) is 4.11. The molecule has 0 aromatic heterocycles. The van der Waals surface area contributed by atoms with E-state index in [1.807, 2.05) is 13.8 Å². The minimum atomic E-state index is -0.553. The molecule has 0 saturated carbocycles. The van der Waals surface area contributed by atoms with Gasteiger partial charge in [0, 0.05) is 30.8 Å². The third-order valence-electron chi connectivity index (χ3n) is 2.78. The lowest BCUT2D eigenvalue weighted by Gasteiger charge is -2.22. The van der Waals surface area contributed by atoms with E-state index in [1.165, 1.54) is 12.1 Å². The predicted molar refractivity (Wildman–Crippen MR) is 63.9 cm³/mol. The highest BCUT2D eigenvalue weighted by Gasteiger charge is 2.15. The van der Waals surface area contributed by atoms with Gasteiger partial charge in [0.1, 0.15) is 11.6 Å². The van der Waals surface area contributed by atoms with Gasteiger partial charge in [-0.3, -0.25) is 0 Å². The van der Waals surface area contributed by atoms with Crippen LogP contribution in [-0.4, -0.2) is 19.8 Å². The first-order chi connectivity index (χ1) is 8.08. The van der Waals surface area contributed by atoms with Crippen molar-refractivity contribution in [3.05, 3.63) is 35.4 Å². The Bertz CT molecular complexity index is 357. The molecular weight excluding hydrogens is 224 g/mol. The average Bonchev–Trinajstić information content (AvgIpc) is 2.28. The molecule has 0 amide bonds. The Hall–Kier alpha value is -1.00. The minimum Gasteiger partial charge on any atom is -0.383 e. The summed E-state index contributed by atoms with van der Waals surface area (Å²) in [6.45, 7) is 4.46. The van der Waals surface area contributed by atoms with Crippen molar-refractivity contribution in [3.63, 3.8) is 0 Å². The number of nitrogens with one attached hydrogen (secondary N) is 1. The Morgan fingerprint density at radius 3 is 2.59 bits per heavy atom. The summed E-state index contributed by atoms with van der Waals surface area (Å²) in [4.78, 5) is 0. The zero-order chi connectivity index (χ0) is 12.8. The van der Waals surface area contributed by atoms with Crippen molar-refractivity contribution >= 4 is 0 Å². The van der Waals surface area contributed by atoms with Gasteiger partial charge in [-0.1, -0.05) is 13.0 Å². The van der Waals surface area contributed by atoms with Crippen molar-refractivity contribution in [2.75, 3.05) is 13.7 Å². The maximum absolute atomic E-state index is 13.5. The largest absolute Gasteiger partial charge is 0.383 e. The van der Waals surface area contributed by atoms with Gasteiger partial charge in [-0.2, -0.15) is 0 Å². The van der Waals surface area contributed by atoms with Gasteiger partial charge >= 0.3 is 0 Å². The molecule has 0 spiro atoms. The van der Waals surface area contributed by atoms with E-state index in [0.29, 0.717) is 12.2 Å². The van der Waals surface area contributed by atoms with Crippen LogP contribution < -0.4 is 5.32 Å². The number of methoxy groups -OCH3 is 1. The summed E-state index contributed by atoms with van der Waals surface area (Å²) >= 11 is 0. The quantitative estimate of drug-likeness (QED) is 0.829. The molecule has 2 atom stereocenters. The summed E-state index contributed by atoms with van der Waals surface area (Å²) in [5, 5.41) is 3.26. The van der Waals surface area contributed by atoms with Crippen LogP contribution in [0.15, 0.2) is 18.2 Å². The van der Waals surface area contributed by atoms with Gasteiger partial charge in [-0.15, -0.1) is 0 Å². The fourth-order valence-electron chi connectivity index (χ4n) is 1.78. The van der Waals surface area contributed by atoms with Crippen LogP contribution in [0.2, 0.25) is 0 Å². The summed E-state index contributed by atoms with van der Waals surface area (Å²) < 4.78 is 31.4. The lowest BCUT2D eigenvalue weighted by molar-refractivity contribution is 0.159. The van der Waals surface area contributed by atoms with Crippen molar-refractivity contribution in [3.8, 4) is 0 Å². The smallest absolute Gasteiger partial charge is 0.130 e. The zero-order valence-electron chi connectivity index (χ0n) is 10.5. The number of hydrogen-bond acceptors (Lipinski definition) is 2. The Kier molecular flexibility index (Phi) is 5.51. The average molecular weight is 243 g/mol. The van der Waals surface area contributed by atoms with Gasteiger partial charge in [-0.05, 0) is 19.4 Å². The molecule has 0 aliphatic heterocycles. The van der Waals surface area contributed by atoms with Crippen LogP contribution in [0.25, 0.3) is 0 Å². The molecule has 1 rings (SSSR count). The number of ether oxygens (including phenoxy) is 1. The van der Waals surface area contributed by atoms with E-state index in [-0.39, 0.29) is 12.1 Å². The SMILES string of the molecule is CCC(COC)NC(C)c1ccc(F)cc1F. The Balaban J connectivity index is 2.71. The van der Waals surface area contributed by atoms with E-state index in [2.05, 4.69) is 5.32 Å².